The van der Waals surface area contributed by atoms with E-state index in [1.165, 1.54) is 0 Å². The van der Waals surface area contributed by atoms with E-state index in [-0.39, 0.29) is 5.41 Å². The Morgan fingerprint density at radius 2 is 1.59 bits per heavy atom. The molecular weight excluding hydrogens is 402 g/mol. The number of fused-ring (bicyclic) bond motifs is 2. The zero-order valence-electron chi connectivity index (χ0n) is 15.7. The SMILES string of the molecule is Cc1ccc2[nH]c(C(C)(C)C)cc2c1C1=C(Br)C(=O)C(=O)c2ccccc21. The van der Waals surface area contributed by atoms with Gasteiger partial charge >= 0.3 is 0 Å². The molecule has 0 bridgehead atoms. The number of hydrogen-bond donors (Lipinski definition) is 1. The van der Waals surface area contributed by atoms with Crippen molar-refractivity contribution in [2.24, 2.45) is 0 Å². The lowest BCUT2D eigenvalue weighted by atomic mass is 9.83. The number of hydrogen-bond acceptors (Lipinski definition) is 2. The highest BCUT2D eigenvalue weighted by Gasteiger charge is 2.33. The van der Waals surface area contributed by atoms with Crippen molar-refractivity contribution in [2.75, 3.05) is 0 Å². The summed E-state index contributed by atoms with van der Waals surface area (Å²) >= 11 is 3.43. The van der Waals surface area contributed by atoms with Gasteiger partial charge in [0, 0.05) is 33.1 Å². The molecule has 4 rings (SSSR count). The van der Waals surface area contributed by atoms with Crippen molar-refractivity contribution in [2.45, 2.75) is 33.1 Å². The van der Waals surface area contributed by atoms with Crippen molar-refractivity contribution in [3.05, 3.63) is 74.9 Å². The fourth-order valence-corrected chi connectivity index (χ4v) is 4.24. The van der Waals surface area contributed by atoms with E-state index in [1.807, 2.05) is 19.1 Å². The molecule has 2 aromatic carbocycles. The van der Waals surface area contributed by atoms with Crippen molar-refractivity contribution < 1.29 is 9.59 Å². The predicted octanol–water partition coefficient (Wildman–Crippen LogP) is 5.69. The van der Waals surface area contributed by atoms with E-state index in [9.17, 15) is 9.59 Å². The van der Waals surface area contributed by atoms with E-state index in [4.69, 9.17) is 0 Å². The average Bonchev–Trinajstić information content (AvgIpc) is 3.06. The first-order chi connectivity index (χ1) is 12.7. The van der Waals surface area contributed by atoms with Gasteiger partial charge in [0.25, 0.3) is 0 Å². The lowest BCUT2D eigenvalue weighted by Crippen LogP contribution is -2.22. The third-order valence-corrected chi connectivity index (χ3v) is 5.89. The van der Waals surface area contributed by atoms with Crippen LogP contribution in [0.3, 0.4) is 0 Å². The molecule has 136 valence electrons. The van der Waals surface area contributed by atoms with Crippen molar-refractivity contribution in [1.29, 1.82) is 0 Å². The molecule has 0 saturated heterocycles. The van der Waals surface area contributed by atoms with Gasteiger partial charge in [0.15, 0.2) is 0 Å². The molecule has 1 aliphatic rings. The number of aryl methyl sites for hydroxylation is 1. The van der Waals surface area contributed by atoms with Crippen molar-refractivity contribution in [3.63, 3.8) is 0 Å². The Morgan fingerprint density at radius 1 is 0.926 bits per heavy atom. The summed E-state index contributed by atoms with van der Waals surface area (Å²) < 4.78 is 0.334. The lowest BCUT2D eigenvalue weighted by Gasteiger charge is -2.21. The molecular formula is C23H20BrNO2. The molecule has 0 aliphatic heterocycles. The van der Waals surface area contributed by atoms with Gasteiger partial charge in [-0.15, -0.1) is 0 Å². The number of aromatic amines is 1. The zero-order chi connectivity index (χ0) is 19.5. The molecule has 0 fully saturated rings. The molecule has 1 aromatic heterocycles. The van der Waals surface area contributed by atoms with Crippen LogP contribution in [0.5, 0.6) is 0 Å². The minimum atomic E-state index is -0.494. The first-order valence-corrected chi connectivity index (χ1v) is 9.71. The fraction of sp³-hybridized carbons (Fsp3) is 0.217. The molecule has 0 radical (unpaired) electrons. The first-order valence-electron chi connectivity index (χ1n) is 8.91. The van der Waals surface area contributed by atoms with Crippen LogP contribution in [0.25, 0.3) is 16.5 Å². The minimum Gasteiger partial charge on any atom is -0.358 e. The number of carbonyl (C=O) groups excluding carboxylic acids is 2. The van der Waals surface area contributed by atoms with Crippen LogP contribution in [0.2, 0.25) is 0 Å². The number of rotatable bonds is 1. The molecule has 1 heterocycles. The van der Waals surface area contributed by atoms with Crippen LogP contribution in [0, 0.1) is 6.92 Å². The summed E-state index contributed by atoms with van der Waals surface area (Å²) in [5, 5.41) is 1.06. The molecule has 0 spiro atoms. The largest absolute Gasteiger partial charge is 0.358 e. The Morgan fingerprint density at radius 3 is 2.26 bits per heavy atom. The second-order valence-corrected chi connectivity index (χ2v) is 8.84. The molecule has 0 unspecified atom stereocenters. The number of halogens is 1. The van der Waals surface area contributed by atoms with Gasteiger partial charge in [-0.2, -0.15) is 0 Å². The molecule has 3 nitrogen and oxygen atoms in total. The van der Waals surface area contributed by atoms with Crippen LogP contribution in [0.15, 0.2) is 46.9 Å². The average molecular weight is 422 g/mol. The Kier molecular flexibility index (Phi) is 4.00. The second-order valence-electron chi connectivity index (χ2n) is 8.04. The number of ketones is 2. The number of nitrogens with one attached hydrogen (secondary N) is 1. The standard InChI is InChI=1S/C23H20BrNO2/c1-12-9-10-16-15(11-17(25-16)23(2,3)4)18(12)19-13-7-5-6-8-14(13)21(26)22(27)20(19)24/h5-11,25H,1-4H3. The molecule has 27 heavy (non-hydrogen) atoms. The molecule has 0 saturated carbocycles. The Labute approximate surface area is 166 Å². The molecule has 0 atom stereocenters. The van der Waals surface area contributed by atoms with Crippen LogP contribution < -0.4 is 0 Å². The third kappa shape index (κ3) is 2.71. The number of benzene rings is 2. The highest BCUT2D eigenvalue weighted by atomic mass is 79.9. The lowest BCUT2D eigenvalue weighted by molar-refractivity contribution is -0.111. The highest BCUT2D eigenvalue weighted by Crippen LogP contribution is 2.42. The summed E-state index contributed by atoms with van der Waals surface area (Å²) in [5.74, 6) is -0.956. The van der Waals surface area contributed by atoms with E-state index >= 15 is 0 Å². The quantitative estimate of drug-likeness (QED) is 0.512. The van der Waals surface area contributed by atoms with Gasteiger partial charge in [0.2, 0.25) is 11.6 Å². The fourth-order valence-electron chi connectivity index (χ4n) is 3.65. The predicted molar refractivity (Wildman–Crippen MR) is 112 cm³/mol. The van der Waals surface area contributed by atoms with Gasteiger partial charge in [-0.3, -0.25) is 9.59 Å². The molecule has 3 aromatic rings. The topological polar surface area (TPSA) is 49.9 Å². The summed E-state index contributed by atoms with van der Waals surface area (Å²) in [6.45, 7) is 8.53. The van der Waals surface area contributed by atoms with E-state index in [0.29, 0.717) is 10.0 Å². The van der Waals surface area contributed by atoms with Crippen molar-refractivity contribution >= 4 is 44.0 Å². The highest BCUT2D eigenvalue weighted by molar-refractivity contribution is 9.12. The Balaban J connectivity index is 2.10. The number of H-pyrrole nitrogens is 1. The summed E-state index contributed by atoms with van der Waals surface area (Å²) in [6, 6.07) is 13.6. The maximum absolute atomic E-state index is 12.6. The smallest absolute Gasteiger partial charge is 0.241 e. The van der Waals surface area contributed by atoms with E-state index in [2.05, 4.69) is 59.9 Å². The van der Waals surface area contributed by atoms with Gasteiger partial charge in [-0.05, 0) is 51.7 Å². The summed E-state index contributed by atoms with van der Waals surface area (Å²) in [7, 11) is 0. The molecule has 0 amide bonds. The van der Waals surface area contributed by atoms with Gasteiger partial charge < -0.3 is 4.98 Å². The van der Waals surface area contributed by atoms with Crippen LogP contribution >= 0.6 is 15.9 Å². The maximum Gasteiger partial charge on any atom is 0.241 e. The summed E-state index contributed by atoms with van der Waals surface area (Å²) in [5.41, 5.74) is 6.23. The molecule has 4 heteroatoms. The maximum atomic E-state index is 12.6. The zero-order valence-corrected chi connectivity index (χ0v) is 17.3. The van der Waals surface area contributed by atoms with E-state index in [1.54, 1.807) is 12.1 Å². The monoisotopic (exact) mass is 421 g/mol. The third-order valence-electron chi connectivity index (χ3n) is 5.14. The van der Waals surface area contributed by atoms with Crippen LogP contribution in [-0.4, -0.2) is 16.6 Å². The van der Waals surface area contributed by atoms with Crippen LogP contribution in [-0.2, 0) is 10.2 Å². The van der Waals surface area contributed by atoms with Gasteiger partial charge in [0.1, 0.15) is 0 Å². The number of carbonyl (C=O) groups is 2. The van der Waals surface area contributed by atoms with E-state index < -0.39 is 11.6 Å². The minimum absolute atomic E-state index is 0.0218. The number of aromatic nitrogens is 1. The first kappa shape index (κ1) is 17.9. The van der Waals surface area contributed by atoms with Crippen molar-refractivity contribution in [1.82, 2.24) is 4.98 Å². The van der Waals surface area contributed by atoms with Crippen LogP contribution in [0.1, 0.15) is 53.5 Å². The van der Waals surface area contributed by atoms with Gasteiger partial charge in [-0.1, -0.05) is 51.1 Å². The van der Waals surface area contributed by atoms with Crippen LogP contribution in [0.4, 0.5) is 0 Å². The molecule has 1 N–H and O–H groups in total. The van der Waals surface area contributed by atoms with Gasteiger partial charge in [-0.25, -0.2) is 0 Å². The summed E-state index contributed by atoms with van der Waals surface area (Å²) in [4.78, 5) is 28.6. The Hall–Kier alpha value is -2.46. The second kappa shape index (κ2) is 6.03. The Bertz CT molecular complexity index is 1160. The normalized spacial score (nSPS) is 14.9. The van der Waals surface area contributed by atoms with E-state index in [0.717, 1.165) is 38.9 Å². The van der Waals surface area contributed by atoms with Gasteiger partial charge in [0.05, 0.1) is 4.48 Å². The molecule has 1 aliphatic carbocycles. The number of Topliss-reactive ketones (excluding diaryl/α,β-unsaturated/α-hetero) is 2. The summed E-state index contributed by atoms with van der Waals surface area (Å²) in [6.07, 6.45) is 0. The van der Waals surface area contributed by atoms with Crippen molar-refractivity contribution in [3.8, 4) is 0 Å². The number of allylic oxidation sites excluding steroid dienone is 1.